The molecule has 0 saturated carbocycles. The Bertz CT molecular complexity index is 1320. The number of nitrogens with zero attached hydrogens (tertiary/aromatic N) is 4. The lowest BCUT2D eigenvalue weighted by Crippen LogP contribution is -2.38. The fourth-order valence-corrected chi connectivity index (χ4v) is 4.92. The first-order chi connectivity index (χ1) is 17.4. The Hall–Kier alpha value is -3.77. The molecule has 0 amide bonds. The van der Waals surface area contributed by atoms with E-state index >= 15 is 4.39 Å². The second kappa shape index (κ2) is 10.1. The Kier molecular flexibility index (Phi) is 6.70. The van der Waals surface area contributed by atoms with Gasteiger partial charge in [0.2, 0.25) is 5.95 Å². The van der Waals surface area contributed by atoms with Crippen LogP contribution in [0.15, 0.2) is 36.5 Å². The first-order valence-corrected chi connectivity index (χ1v) is 12.2. The Morgan fingerprint density at radius 3 is 2.69 bits per heavy atom. The number of halogens is 2. The first-order valence-electron chi connectivity index (χ1n) is 12.2. The van der Waals surface area contributed by atoms with Gasteiger partial charge in [-0.1, -0.05) is 6.07 Å². The number of aromatic nitrogens is 2. The average Bonchev–Trinajstić information content (AvgIpc) is 2.89. The standard InChI is InChI=1S/C27H28F2N6O/c1-16(2)35-9-10-36-26-23(29)11-18(12-24(26)35)25-19(14-30)15-32-27(34-25)33-20-3-4-21(22(28)13-20)17-5-7-31-8-6-17/h3-4,11-13,15-17,31H,5-10H2,1-2H3,(H,32,33,34). The van der Waals surface area contributed by atoms with E-state index in [4.69, 9.17) is 4.74 Å². The van der Waals surface area contributed by atoms with E-state index in [1.807, 2.05) is 13.8 Å². The van der Waals surface area contributed by atoms with Gasteiger partial charge in [0, 0.05) is 17.3 Å². The molecule has 1 saturated heterocycles. The molecule has 0 atom stereocenters. The molecule has 0 aliphatic carbocycles. The summed E-state index contributed by atoms with van der Waals surface area (Å²) in [7, 11) is 0. The van der Waals surface area contributed by atoms with E-state index in [9.17, 15) is 9.65 Å². The SMILES string of the molecule is CC(C)N1CCOc2c(F)cc(-c3nc(Nc4ccc(C5CCNCC5)c(F)c4)ncc3C#N)cc21. The van der Waals surface area contributed by atoms with Crippen LogP contribution in [-0.4, -0.2) is 42.3 Å². The van der Waals surface area contributed by atoms with E-state index in [0.717, 1.165) is 25.9 Å². The summed E-state index contributed by atoms with van der Waals surface area (Å²) in [5, 5.41) is 16.0. The van der Waals surface area contributed by atoms with Gasteiger partial charge >= 0.3 is 0 Å². The van der Waals surface area contributed by atoms with Crippen LogP contribution in [0, 0.1) is 23.0 Å². The number of rotatable bonds is 5. The van der Waals surface area contributed by atoms with E-state index in [-0.39, 0.29) is 40.7 Å². The Balaban J connectivity index is 1.47. The third-order valence-corrected chi connectivity index (χ3v) is 6.75. The largest absolute Gasteiger partial charge is 0.486 e. The topological polar surface area (TPSA) is 86.1 Å². The lowest BCUT2D eigenvalue weighted by Gasteiger charge is -2.34. The second-order valence-corrected chi connectivity index (χ2v) is 9.40. The van der Waals surface area contributed by atoms with Gasteiger partial charge in [-0.2, -0.15) is 5.26 Å². The molecule has 2 aromatic carbocycles. The molecule has 2 aliphatic heterocycles. The minimum atomic E-state index is -0.513. The fraction of sp³-hybridized carbons (Fsp3) is 0.370. The van der Waals surface area contributed by atoms with Crippen molar-refractivity contribution >= 4 is 17.3 Å². The van der Waals surface area contributed by atoms with Gasteiger partial charge in [-0.25, -0.2) is 18.7 Å². The lowest BCUT2D eigenvalue weighted by atomic mass is 9.90. The zero-order valence-electron chi connectivity index (χ0n) is 20.3. The molecule has 0 unspecified atom stereocenters. The summed E-state index contributed by atoms with van der Waals surface area (Å²) < 4.78 is 35.5. The zero-order valence-corrected chi connectivity index (χ0v) is 20.3. The molecular formula is C27H28F2N6O. The Labute approximate surface area is 209 Å². The van der Waals surface area contributed by atoms with E-state index < -0.39 is 5.82 Å². The number of nitriles is 1. The summed E-state index contributed by atoms with van der Waals surface area (Å²) in [4.78, 5) is 10.8. The van der Waals surface area contributed by atoms with Crippen molar-refractivity contribution in [3.63, 3.8) is 0 Å². The fourth-order valence-electron chi connectivity index (χ4n) is 4.92. The predicted molar refractivity (Wildman–Crippen MR) is 135 cm³/mol. The molecule has 1 aromatic heterocycles. The van der Waals surface area contributed by atoms with Crippen molar-refractivity contribution in [1.29, 1.82) is 5.26 Å². The van der Waals surface area contributed by atoms with Crippen molar-refractivity contribution in [2.75, 3.05) is 36.5 Å². The van der Waals surface area contributed by atoms with Crippen LogP contribution in [0.5, 0.6) is 5.75 Å². The van der Waals surface area contributed by atoms with Crippen molar-refractivity contribution in [2.24, 2.45) is 0 Å². The number of benzene rings is 2. The summed E-state index contributed by atoms with van der Waals surface area (Å²) in [6, 6.07) is 10.4. The van der Waals surface area contributed by atoms with Crippen LogP contribution in [0.3, 0.4) is 0 Å². The quantitative estimate of drug-likeness (QED) is 0.514. The summed E-state index contributed by atoms with van der Waals surface area (Å²) in [6.45, 7) is 6.87. The third-order valence-electron chi connectivity index (χ3n) is 6.75. The van der Waals surface area contributed by atoms with E-state index in [1.165, 1.54) is 18.3 Å². The Morgan fingerprint density at radius 1 is 1.17 bits per heavy atom. The van der Waals surface area contributed by atoms with Crippen LogP contribution in [0.1, 0.15) is 43.7 Å². The molecule has 186 valence electrons. The molecular weight excluding hydrogens is 462 g/mol. The lowest BCUT2D eigenvalue weighted by molar-refractivity contribution is 0.287. The third kappa shape index (κ3) is 4.69. The maximum atomic E-state index is 15.0. The maximum absolute atomic E-state index is 15.0. The predicted octanol–water partition coefficient (Wildman–Crippen LogP) is 5.11. The number of fused-ring (bicyclic) bond motifs is 1. The van der Waals surface area contributed by atoms with Gasteiger partial charge in [-0.05, 0) is 75.5 Å². The highest BCUT2D eigenvalue weighted by Crippen LogP contribution is 2.39. The van der Waals surface area contributed by atoms with Gasteiger partial charge in [-0.3, -0.25) is 0 Å². The van der Waals surface area contributed by atoms with Crippen molar-refractivity contribution in [2.45, 2.75) is 38.6 Å². The van der Waals surface area contributed by atoms with Gasteiger partial charge in [0.15, 0.2) is 11.6 Å². The first kappa shape index (κ1) is 23.9. The normalized spacial score (nSPS) is 15.8. The van der Waals surface area contributed by atoms with Gasteiger partial charge in [-0.15, -0.1) is 0 Å². The van der Waals surface area contributed by atoms with E-state index in [2.05, 4.69) is 31.6 Å². The minimum Gasteiger partial charge on any atom is -0.486 e. The molecule has 0 radical (unpaired) electrons. The van der Waals surface area contributed by atoms with Crippen LogP contribution in [0.25, 0.3) is 11.3 Å². The van der Waals surface area contributed by atoms with Crippen LogP contribution < -0.4 is 20.3 Å². The molecule has 7 nitrogen and oxygen atoms in total. The Morgan fingerprint density at radius 2 is 1.97 bits per heavy atom. The summed E-state index contributed by atoms with van der Waals surface area (Å²) >= 11 is 0. The zero-order chi connectivity index (χ0) is 25.2. The molecule has 36 heavy (non-hydrogen) atoms. The van der Waals surface area contributed by atoms with Gasteiger partial charge in [0.1, 0.15) is 18.5 Å². The average molecular weight is 491 g/mol. The van der Waals surface area contributed by atoms with Crippen LogP contribution in [0.2, 0.25) is 0 Å². The van der Waals surface area contributed by atoms with Crippen molar-refractivity contribution in [3.05, 3.63) is 59.3 Å². The molecule has 2 N–H and O–H groups in total. The summed E-state index contributed by atoms with van der Waals surface area (Å²) in [5.74, 6) is -0.194. The number of ether oxygens (including phenoxy) is 1. The number of hydrogen-bond donors (Lipinski definition) is 2. The van der Waals surface area contributed by atoms with Crippen molar-refractivity contribution in [3.8, 4) is 23.1 Å². The molecule has 5 rings (SSSR count). The second-order valence-electron chi connectivity index (χ2n) is 9.40. The monoisotopic (exact) mass is 490 g/mol. The van der Waals surface area contributed by atoms with E-state index in [1.54, 1.807) is 18.2 Å². The highest BCUT2D eigenvalue weighted by Gasteiger charge is 2.26. The molecule has 3 aromatic rings. The highest BCUT2D eigenvalue weighted by atomic mass is 19.1. The van der Waals surface area contributed by atoms with Crippen molar-refractivity contribution in [1.82, 2.24) is 15.3 Å². The molecule has 1 fully saturated rings. The maximum Gasteiger partial charge on any atom is 0.227 e. The smallest absolute Gasteiger partial charge is 0.227 e. The highest BCUT2D eigenvalue weighted by molar-refractivity contribution is 5.75. The van der Waals surface area contributed by atoms with Crippen LogP contribution >= 0.6 is 0 Å². The van der Waals surface area contributed by atoms with Gasteiger partial charge in [0.25, 0.3) is 0 Å². The number of anilines is 3. The van der Waals surface area contributed by atoms with Gasteiger partial charge < -0.3 is 20.3 Å². The summed E-state index contributed by atoms with van der Waals surface area (Å²) in [6.07, 6.45) is 3.20. The molecule has 9 heteroatoms. The van der Waals surface area contributed by atoms with Gasteiger partial charge in [0.05, 0.1) is 29.7 Å². The molecule has 2 aliphatic rings. The minimum absolute atomic E-state index is 0.142. The number of nitrogens with one attached hydrogen (secondary N) is 2. The summed E-state index contributed by atoms with van der Waals surface area (Å²) in [5.41, 5.74) is 2.77. The van der Waals surface area contributed by atoms with Crippen LogP contribution in [0.4, 0.5) is 26.1 Å². The molecule has 0 bridgehead atoms. The number of piperidine rings is 1. The van der Waals surface area contributed by atoms with Crippen LogP contribution in [-0.2, 0) is 0 Å². The molecule has 0 spiro atoms. The van der Waals surface area contributed by atoms with E-state index in [0.29, 0.717) is 35.7 Å². The molecule has 3 heterocycles. The van der Waals surface area contributed by atoms with Crippen molar-refractivity contribution < 1.29 is 13.5 Å². The number of hydrogen-bond acceptors (Lipinski definition) is 7.